The smallest absolute Gasteiger partial charge is 0.407 e. The number of methoxy groups -OCH3 is 1. The zero-order chi connectivity index (χ0) is 22.9. The minimum Gasteiger partial charge on any atom is -0.480 e. The molecule has 0 aliphatic rings. The van der Waals surface area contributed by atoms with Crippen LogP contribution in [0.15, 0.2) is 60.8 Å². The molecule has 0 saturated heterocycles. The number of nitrogens with zero attached hydrogens (tertiary/aromatic N) is 2. The highest BCUT2D eigenvalue weighted by Gasteiger charge is 2.27. The van der Waals surface area contributed by atoms with Crippen molar-refractivity contribution >= 4 is 17.8 Å². The Morgan fingerprint density at radius 2 is 1.75 bits per heavy atom. The van der Waals surface area contributed by atoms with Crippen LogP contribution in [-0.4, -0.2) is 51.5 Å². The third kappa shape index (κ3) is 6.24. The molecule has 2 aromatic carbocycles. The molecule has 9 heteroatoms. The third-order valence-electron chi connectivity index (χ3n) is 5.10. The van der Waals surface area contributed by atoms with Crippen LogP contribution in [0, 0.1) is 5.92 Å². The van der Waals surface area contributed by atoms with Gasteiger partial charge in [-0.25, -0.2) is 9.59 Å². The Morgan fingerprint density at radius 3 is 2.34 bits per heavy atom. The fourth-order valence-electron chi connectivity index (χ4n) is 3.49. The quantitative estimate of drug-likeness (QED) is 0.416. The lowest BCUT2D eigenvalue weighted by Crippen LogP contribution is -2.42. The fourth-order valence-corrected chi connectivity index (χ4v) is 3.49. The van der Waals surface area contributed by atoms with E-state index in [4.69, 9.17) is 0 Å². The zero-order valence-corrected chi connectivity index (χ0v) is 17.5. The molecular weight excluding hydrogens is 412 g/mol. The summed E-state index contributed by atoms with van der Waals surface area (Å²) < 4.78 is 4.52. The highest BCUT2D eigenvalue weighted by Crippen LogP contribution is 2.24. The molecule has 3 aromatic rings. The Hall–Kier alpha value is -4.01. The van der Waals surface area contributed by atoms with E-state index in [-0.39, 0.29) is 30.2 Å². The second kappa shape index (κ2) is 10.9. The van der Waals surface area contributed by atoms with Crippen LogP contribution in [0.25, 0.3) is 11.1 Å². The SMILES string of the molecule is COC(=O)N[C@H](C[C@H](CC(=O)c1cn[nH]n1)Cc1ccc(-c2ccccc2)cc1)C(=O)O. The molecule has 0 spiro atoms. The molecule has 0 aliphatic carbocycles. The number of alkyl carbamates (subject to hydrolysis) is 1. The van der Waals surface area contributed by atoms with Gasteiger partial charge in [-0.15, -0.1) is 0 Å². The van der Waals surface area contributed by atoms with Gasteiger partial charge in [0.25, 0.3) is 0 Å². The second-order valence-electron chi connectivity index (χ2n) is 7.38. The number of hydrogen-bond acceptors (Lipinski definition) is 6. The Labute approximate surface area is 184 Å². The molecule has 0 unspecified atom stereocenters. The van der Waals surface area contributed by atoms with Crippen molar-refractivity contribution in [3.8, 4) is 11.1 Å². The van der Waals surface area contributed by atoms with Crippen LogP contribution >= 0.6 is 0 Å². The molecule has 0 bridgehead atoms. The molecule has 166 valence electrons. The number of ketones is 1. The number of hydrogen-bond donors (Lipinski definition) is 3. The summed E-state index contributed by atoms with van der Waals surface area (Å²) in [6.07, 6.45) is 1.04. The van der Waals surface area contributed by atoms with Crippen LogP contribution in [-0.2, 0) is 16.0 Å². The number of ether oxygens (including phenoxy) is 1. The van der Waals surface area contributed by atoms with Gasteiger partial charge >= 0.3 is 12.1 Å². The minimum absolute atomic E-state index is 0.0501. The predicted octanol–water partition coefficient (Wildman–Crippen LogP) is 3.10. The third-order valence-corrected chi connectivity index (χ3v) is 5.10. The van der Waals surface area contributed by atoms with E-state index in [0.717, 1.165) is 23.8 Å². The van der Waals surface area contributed by atoms with Crippen LogP contribution < -0.4 is 5.32 Å². The maximum absolute atomic E-state index is 12.6. The summed E-state index contributed by atoms with van der Waals surface area (Å²) in [5.41, 5.74) is 3.28. The normalized spacial score (nSPS) is 12.5. The van der Waals surface area contributed by atoms with Crippen LogP contribution in [0.3, 0.4) is 0 Å². The van der Waals surface area contributed by atoms with Crippen LogP contribution in [0.4, 0.5) is 4.79 Å². The van der Waals surface area contributed by atoms with Crippen LogP contribution in [0.2, 0.25) is 0 Å². The lowest BCUT2D eigenvalue weighted by Gasteiger charge is -2.21. The number of amides is 1. The van der Waals surface area contributed by atoms with E-state index in [1.165, 1.54) is 6.20 Å². The first-order valence-electron chi connectivity index (χ1n) is 10.1. The molecular formula is C23H24N4O5. The summed E-state index contributed by atoms with van der Waals surface area (Å²) in [5, 5.41) is 21.7. The van der Waals surface area contributed by atoms with Crippen molar-refractivity contribution in [1.82, 2.24) is 20.7 Å². The van der Waals surface area contributed by atoms with Gasteiger partial charge < -0.3 is 15.2 Å². The molecule has 0 saturated carbocycles. The number of Topliss-reactive ketones (excluding diaryl/α,β-unsaturated/α-hetero) is 1. The fraction of sp³-hybridized carbons (Fsp3) is 0.261. The van der Waals surface area contributed by atoms with Gasteiger partial charge in [0.05, 0.1) is 13.3 Å². The summed E-state index contributed by atoms with van der Waals surface area (Å²) in [6.45, 7) is 0. The van der Waals surface area contributed by atoms with Crippen LogP contribution in [0.5, 0.6) is 0 Å². The average molecular weight is 436 g/mol. The van der Waals surface area contributed by atoms with E-state index in [9.17, 15) is 19.5 Å². The molecule has 1 amide bonds. The predicted molar refractivity (Wildman–Crippen MR) is 116 cm³/mol. The minimum atomic E-state index is -1.20. The number of carbonyl (C=O) groups is 3. The molecule has 1 heterocycles. The average Bonchev–Trinajstić information content (AvgIpc) is 3.34. The number of aliphatic carboxylic acids is 1. The number of rotatable bonds is 10. The number of aromatic nitrogens is 3. The first kappa shape index (κ1) is 22.7. The highest BCUT2D eigenvalue weighted by molar-refractivity contribution is 5.94. The Bertz CT molecular complexity index is 1040. The van der Waals surface area contributed by atoms with Gasteiger partial charge in [-0.2, -0.15) is 15.4 Å². The largest absolute Gasteiger partial charge is 0.480 e. The molecule has 2 atom stereocenters. The number of aromatic amines is 1. The second-order valence-corrected chi connectivity index (χ2v) is 7.38. The lowest BCUT2D eigenvalue weighted by molar-refractivity contribution is -0.139. The van der Waals surface area contributed by atoms with Gasteiger partial charge in [-0.1, -0.05) is 54.6 Å². The number of carbonyl (C=O) groups excluding carboxylic acids is 2. The lowest BCUT2D eigenvalue weighted by atomic mass is 9.87. The van der Waals surface area contributed by atoms with Gasteiger partial charge in [-0.05, 0) is 35.4 Å². The molecule has 3 rings (SSSR count). The van der Waals surface area contributed by atoms with E-state index in [2.05, 4.69) is 25.5 Å². The van der Waals surface area contributed by atoms with Crippen molar-refractivity contribution in [2.24, 2.45) is 5.92 Å². The van der Waals surface area contributed by atoms with Gasteiger partial charge in [-0.3, -0.25) is 4.79 Å². The van der Waals surface area contributed by atoms with Crippen molar-refractivity contribution < 1.29 is 24.2 Å². The van der Waals surface area contributed by atoms with E-state index in [1.54, 1.807) is 0 Å². The van der Waals surface area contributed by atoms with Crippen molar-refractivity contribution in [2.45, 2.75) is 25.3 Å². The van der Waals surface area contributed by atoms with Gasteiger partial charge in [0.15, 0.2) is 5.78 Å². The van der Waals surface area contributed by atoms with E-state index in [1.807, 2.05) is 54.6 Å². The number of carboxylic acids is 1. The summed E-state index contributed by atoms with van der Waals surface area (Å²) in [5.74, 6) is -1.82. The van der Waals surface area contributed by atoms with Crippen molar-refractivity contribution in [1.29, 1.82) is 0 Å². The van der Waals surface area contributed by atoms with Gasteiger partial charge in [0.1, 0.15) is 11.7 Å². The summed E-state index contributed by atoms with van der Waals surface area (Å²) in [6, 6.07) is 16.6. The number of H-pyrrole nitrogens is 1. The first-order valence-corrected chi connectivity index (χ1v) is 10.1. The van der Waals surface area contributed by atoms with E-state index >= 15 is 0 Å². The van der Waals surface area contributed by atoms with E-state index in [0.29, 0.717) is 6.42 Å². The maximum Gasteiger partial charge on any atom is 0.407 e. The van der Waals surface area contributed by atoms with Crippen molar-refractivity contribution in [3.63, 3.8) is 0 Å². The monoisotopic (exact) mass is 436 g/mol. The maximum atomic E-state index is 12.6. The molecule has 32 heavy (non-hydrogen) atoms. The van der Waals surface area contributed by atoms with Crippen LogP contribution in [0.1, 0.15) is 28.9 Å². The summed E-state index contributed by atoms with van der Waals surface area (Å²) in [7, 11) is 1.16. The van der Waals surface area contributed by atoms with Crippen molar-refractivity contribution in [3.05, 3.63) is 72.1 Å². The Kier molecular flexibility index (Phi) is 7.69. The molecule has 1 aromatic heterocycles. The van der Waals surface area contributed by atoms with Gasteiger partial charge in [0, 0.05) is 6.42 Å². The Balaban J connectivity index is 1.77. The Morgan fingerprint density at radius 1 is 1.06 bits per heavy atom. The van der Waals surface area contributed by atoms with E-state index < -0.39 is 18.1 Å². The first-order chi connectivity index (χ1) is 15.5. The topological polar surface area (TPSA) is 134 Å². The summed E-state index contributed by atoms with van der Waals surface area (Å²) in [4.78, 5) is 35.8. The zero-order valence-electron chi connectivity index (χ0n) is 17.5. The molecule has 0 radical (unpaired) electrons. The standard InChI is InChI=1S/C23H24N4O5/c1-32-23(31)25-19(22(29)30)12-16(13-21(28)20-14-24-27-26-20)11-15-7-9-18(10-8-15)17-5-3-2-4-6-17/h2-10,14,16,19H,11-13H2,1H3,(H,25,31)(H,29,30)(H,24,26,27)/t16-,19-/m1/s1. The molecule has 3 N–H and O–H groups in total. The molecule has 9 nitrogen and oxygen atoms in total. The molecule has 0 fully saturated rings. The molecule has 0 aliphatic heterocycles. The number of nitrogens with one attached hydrogen (secondary N) is 2. The highest BCUT2D eigenvalue weighted by atomic mass is 16.5. The number of carboxylic acid groups (broad SMARTS) is 1. The summed E-state index contributed by atoms with van der Waals surface area (Å²) >= 11 is 0. The number of benzene rings is 2. The van der Waals surface area contributed by atoms with Crippen molar-refractivity contribution in [2.75, 3.05) is 7.11 Å². The van der Waals surface area contributed by atoms with Gasteiger partial charge in [0.2, 0.25) is 0 Å².